The monoisotopic (exact) mass is 277 g/mol. The van der Waals surface area contributed by atoms with Gasteiger partial charge in [0.05, 0.1) is 13.5 Å². The van der Waals surface area contributed by atoms with Crippen molar-refractivity contribution in [1.82, 2.24) is 0 Å². The van der Waals surface area contributed by atoms with E-state index in [-0.39, 0.29) is 17.1 Å². The summed E-state index contributed by atoms with van der Waals surface area (Å²) in [5, 5.41) is 0. The van der Waals surface area contributed by atoms with Gasteiger partial charge in [0.25, 0.3) is 0 Å². The van der Waals surface area contributed by atoms with Crippen LogP contribution >= 0.6 is 0 Å². The first kappa shape index (κ1) is 15.3. The van der Waals surface area contributed by atoms with Gasteiger partial charge in [-0.25, -0.2) is 0 Å². The lowest BCUT2D eigenvalue weighted by molar-refractivity contribution is -0.138. The number of methoxy groups -OCH3 is 1. The Morgan fingerprint density at radius 3 is 2.47 bits per heavy atom. The quantitative estimate of drug-likeness (QED) is 0.678. The van der Waals surface area contributed by atoms with Gasteiger partial charge in [-0.2, -0.15) is 13.2 Å². The Hall–Kier alpha value is -1.76. The largest absolute Gasteiger partial charge is 0.493 e. The number of halogens is 3. The highest BCUT2D eigenvalue weighted by Crippen LogP contribution is 2.33. The summed E-state index contributed by atoms with van der Waals surface area (Å²) in [5.41, 5.74) is 5.73. The first-order valence-corrected chi connectivity index (χ1v) is 5.41. The number of nitrogens with two attached hydrogens (primary N) is 1. The molecule has 0 saturated carbocycles. The van der Waals surface area contributed by atoms with Gasteiger partial charge < -0.3 is 15.2 Å². The topological polar surface area (TPSA) is 61.6 Å². The molecule has 19 heavy (non-hydrogen) atoms. The summed E-state index contributed by atoms with van der Waals surface area (Å²) in [6, 6.07) is 2.86. The first-order valence-electron chi connectivity index (χ1n) is 5.41. The van der Waals surface area contributed by atoms with E-state index < -0.39 is 24.6 Å². The average Bonchev–Trinajstić information content (AvgIpc) is 2.26. The van der Waals surface area contributed by atoms with Crippen LogP contribution in [0.5, 0.6) is 11.5 Å². The lowest BCUT2D eigenvalue weighted by Gasteiger charge is -2.16. The molecule has 0 unspecified atom stereocenters. The van der Waals surface area contributed by atoms with Gasteiger partial charge in [0, 0.05) is 13.0 Å². The van der Waals surface area contributed by atoms with Gasteiger partial charge in [0.15, 0.2) is 11.5 Å². The third-order valence-electron chi connectivity index (χ3n) is 2.32. The molecule has 0 fully saturated rings. The summed E-state index contributed by atoms with van der Waals surface area (Å²) in [7, 11) is 1.32. The Bertz CT molecular complexity index is 460. The highest BCUT2D eigenvalue weighted by molar-refractivity contribution is 5.70. The molecule has 0 aliphatic heterocycles. The van der Waals surface area contributed by atoms with E-state index in [0.717, 1.165) is 0 Å². The van der Waals surface area contributed by atoms with Crippen molar-refractivity contribution in [2.75, 3.05) is 7.11 Å². The van der Waals surface area contributed by atoms with E-state index in [4.69, 9.17) is 15.2 Å². The van der Waals surface area contributed by atoms with Crippen LogP contribution in [0.4, 0.5) is 13.2 Å². The van der Waals surface area contributed by atoms with Crippen LogP contribution in [0.3, 0.4) is 0 Å². The standard InChI is InChI=1S/C12H14F3NO3/c1-7(17)19-10-4-3-8(5-11(10)18-2)9(16)6-12(13,14)15/h3-5,9H,6,16H2,1-2H3/t9-/m1/s1. The van der Waals surface area contributed by atoms with E-state index in [0.29, 0.717) is 0 Å². The summed E-state index contributed by atoms with van der Waals surface area (Å²) in [6.07, 6.45) is -5.48. The fraction of sp³-hybridized carbons (Fsp3) is 0.417. The van der Waals surface area contributed by atoms with E-state index >= 15 is 0 Å². The molecule has 0 aliphatic carbocycles. The van der Waals surface area contributed by atoms with Crippen molar-refractivity contribution < 1.29 is 27.4 Å². The fourth-order valence-electron chi connectivity index (χ4n) is 1.52. The smallest absolute Gasteiger partial charge is 0.390 e. The van der Waals surface area contributed by atoms with Crippen LogP contribution in [0, 0.1) is 0 Å². The van der Waals surface area contributed by atoms with Crippen molar-refractivity contribution >= 4 is 5.97 Å². The zero-order chi connectivity index (χ0) is 14.6. The predicted octanol–water partition coefficient (Wildman–Crippen LogP) is 2.57. The Labute approximate surface area is 108 Å². The van der Waals surface area contributed by atoms with E-state index in [1.54, 1.807) is 0 Å². The lowest BCUT2D eigenvalue weighted by atomic mass is 10.0. The number of hydrogen-bond donors (Lipinski definition) is 1. The number of carbonyl (C=O) groups is 1. The van der Waals surface area contributed by atoms with Gasteiger partial charge in [-0.05, 0) is 17.7 Å². The Balaban J connectivity index is 2.96. The van der Waals surface area contributed by atoms with E-state index in [1.165, 1.54) is 32.2 Å². The molecule has 7 heteroatoms. The molecular formula is C12H14F3NO3. The molecule has 0 saturated heterocycles. The van der Waals surface area contributed by atoms with Gasteiger partial charge >= 0.3 is 12.1 Å². The predicted molar refractivity (Wildman–Crippen MR) is 61.9 cm³/mol. The fourth-order valence-corrected chi connectivity index (χ4v) is 1.52. The maximum absolute atomic E-state index is 12.2. The maximum Gasteiger partial charge on any atom is 0.390 e. The molecule has 106 valence electrons. The second kappa shape index (κ2) is 5.92. The SMILES string of the molecule is COc1cc([C@H](N)CC(F)(F)F)ccc1OC(C)=O. The molecule has 2 N–H and O–H groups in total. The number of benzene rings is 1. The number of hydrogen-bond acceptors (Lipinski definition) is 4. The van der Waals surface area contributed by atoms with Gasteiger partial charge in [0.1, 0.15) is 0 Å². The molecule has 1 atom stereocenters. The molecule has 0 amide bonds. The molecule has 1 aromatic rings. The van der Waals surface area contributed by atoms with E-state index in [2.05, 4.69) is 0 Å². The van der Waals surface area contributed by atoms with Crippen LogP contribution < -0.4 is 15.2 Å². The highest BCUT2D eigenvalue weighted by atomic mass is 19.4. The zero-order valence-electron chi connectivity index (χ0n) is 10.5. The van der Waals surface area contributed by atoms with Crippen LogP contribution in [0.25, 0.3) is 0 Å². The van der Waals surface area contributed by atoms with E-state index in [1.807, 2.05) is 0 Å². The molecule has 1 aromatic carbocycles. The molecular weight excluding hydrogens is 263 g/mol. The number of carbonyl (C=O) groups excluding carboxylic acids is 1. The second-order valence-electron chi connectivity index (χ2n) is 3.93. The first-order chi connectivity index (χ1) is 8.73. The third kappa shape index (κ3) is 4.78. The molecule has 0 aromatic heterocycles. The third-order valence-corrected chi connectivity index (χ3v) is 2.32. The number of alkyl halides is 3. The van der Waals surface area contributed by atoms with Gasteiger partial charge in [-0.1, -0.05) is 6.07 Å². The number of ether oxygens (including phenoxy) is 2. The van der Waals surface area contributed by atoms with Crippen molar-refractivity contribution in [3.05, 3.63) is 23.8 Å². The summed E-state index contributed by atoms with van der Waals surface area (Å²) < 4.78 is 46.5. The Morgan fingerprint density at radius 1 is 1.37 bits per heavy atom. The lowest BCUT2D eigenvalue weighted by Crippen LogP contribution is -2.20. The summed E-state index contributed by atoms with van der Waals surface area (Å²) in [4.78, 5) is 10.8. The molecule has 0 aliphatic rings. The summed E-state index contributed by atoms with van der Waals surface area (Å²) in [5.74, 6) is -0.256. The summed E-state index contributed by atoms with van der Waals surface area (Å²) in [6.45, 7) is 1.21. The minimum atomic E-state index is -4.35. The van der Waals surface area contributed by atoms with Gasteiger partial charge in [-0.3, -0.25) is 4.79 Å². The number of rotatable bonds is 4. The molecule has 0 heterocycles. The van der Waals surface area contributed by atoms with Crippen LogP contribution in [-0.4, -0.2) is 19.3 Å². The average molecular weight is 277 g/mol. The minimum absolute atomic E-state index is 0.137. The van der Waals surface area contributed by atoms with Crippen molar-refractivity contribution in [3.8, 4) is 11.5 Å². The minimum Gasteiger partial charge on any atom is -0.493 e. The van der Waals surface area contributed by atoms with Crippen LogP contribution in [0.2, 0.25) is 0 Å². The molecule has 0 radical (unpaired) electrons. The van der Waals surface area contributed by atoms with Gasteiger partial charge in [-0.15, -0.1) is 0 Å². The van der Waals surface area contributed by atoms with Crippen molar-refractivity contribution in [2.45, 2.75) is 25.6 Å². The summed E-state index contributed by atoms with van der Waals surface area (Å²) >= 11 is 0. The van der Waals surface area contributed by atoms with Crippen LogP contribution in [0.1, 0.15) is 24.9 Å². The Morgan fingerprint density at radius 2 is 2.00 bits per heavy atom. The molecule has 0 bridgehead atoms. The normalized spacial score (nSPS) is 12.9. The van der Waals surface area contributed by atoms with Crippen molar-refractivity contribution in [2.24, 2.45) is 5.73 Å². The highest BCUT2D eigenvalue weighted by Gasteiger charge is 2.31. The van der Waals surface area contributed by atoms with E-state index in [9.17, 15) is 18.0 Å². The molecule has 0 spiro atoms. The molecule has 1 rings (SSSR count). The second-order valence-corrected chi connectivity index (χ2v) is 3.93. The molecule has 4 nitrogen and oxygen atoms in total. The zero-order valence-corrected chi connectivity index (χ0v) is 10.5. The van der Waals surface area contributed by atoms with Crippen LogP contribution in [0.15, 0.2) is 18.2 Å². The Kier molecular flexibility index (Phi) is 4.77. The maximum atomic E-state index is 12.2. The van der Waals surface area contributed by atoms with Gasteiger partial charge in [0.2, 0.25) is 0 Å². The van der Waals surface area contributed by atoms with Crippen LogP contribution in [-0.2, 0) is 4.79 Å². The van der Waals surface area contributed by atoms with Crippen molar-refractivity contribution in [3.63, 3.8) is 0 Å². The van der Waals surface area contributed by atoms with Crippen molar-refractivity contribution in [1.29, 1.82) is 0 Å². The number of esters is 1.